The first-order valence-electron chi connectivity index (χ1n) is 8.79. The van der Waals surface area contributed by atoms with E-state index in [9.17, 15) is 4.79 Å². The third-order valence-corrected chi connectivity index (χ3v) is 4.58. The van der Waals surface area contributed by atoms with Crippen LogP contribution in [0.1, 0.15) is 24.0 Å². The van der Waals surface area contributed by atoms with Gasteiger partial charge in [0.15, 0.2) is 5.96 Å². The van der Waals surface area contributed by atoms with E-state index in [1.165, 1.54) is 7.11 Å². The molecule has 0 aromatic heterocycles. The number of aliphatic imine (C=N–C) groups is 1. The maximum atomic E-state index is 11.6. The topological polar surface area (TPSA) is 63.2 Å². The second-order valence-corrected chi connectivity index (χ2v) is 6.33. The van der Waals surface area contributed by atoms with Crippen molar-refractivity contribution in [1.29, 1.82) is 0 Å². The predicted molar refractivity (Wildman–Crippen MR) is 115 cm³/mol. The first-order chi connectivity index (χ1) is 12.1. The SMILES string of the molecule is CN=C(NCCOc1c(C)cccc1C)N1CCC(C(=O)OC)CC1.I. The van der Waals surface area contributed by atoms with E-state index in [1.807, 2.05) is 6.07 Å². The zero-order valence-electron chi connectivity index (χ0n) is 16.1. The monoisotopic (exact) mass is 475 g/mol. The molecule has 1 N–H and O–H groups in total. The number of hydrogen-bond donors (Lipinski definition) is 1. The fourth-order valence-corrected chi connectivity index (χ4v) is 3.17. The molecule has 1 fully saturated rings. The minimum Gasteiger partial charge on any atom is -0.491 e. The van der Waals surface area contributed by atoms with Crippen LogP contribution in [0.25, 0.3) is 0 Å². The zero-order chi connectivity index (χ0) is 18.2. The lowest BCUT2D eigenvalue weighted by molar-refractivity contribution is -0.146. The van der Waals surface area contributed by atoms with Gasteiger partial charge in [0.2, 0.25) is 0 Å². The van der Waals surface area contributed by atoms with E-state index in [1.54, 1.807) is 7.05 Å². The molecule has 1 heterocycles. The van der Waals surface area contributed by atoms with Gasteiger partial charge < -0.3 is 19.7 Å². The van der Waals surface area contributed by atoms with Crippen LogP contribution in [0.2, 0.25) is 0 Å². The fraction of sp³-hybridized carbons (Fsp3) is 0.579. The minimum atomic E-state index is -0.107. The first-order valence-corrected chi connectivity index (χ1v) is 8.79. The molecule has 2 rings (SSSR count). The number of piperidine rings is 1. The van der Waals surface area contributed by atoms with Gasteiger partial charge in [0.05, 0.1) is 19.6 Å². The number of nitrogens with zero attached hydrogens (tertiary/aromatic N) is 2. The third-order valence-electron chi connectivity index (χ3n) is 4.58. The summed E-state index contributed by atoms with van der Waals surface area (Å²) in [6.45, 7) is 6.97. The van der Waals surface area contributed by atoms with E-state index in [-0.39, 0.29) is 35.9 Å². The van der Waals surface area contributed by atoms with Crippen molar-refractivity contribution in [2.75, 3.05) is 40.4 Å². The van der Waals surface area contributed by atoms with Gasteiger partial charge in [-0.1, -0.05) is 18.2 Å². The van der Waals surface area contributed by atoms with Gasteiger partial charge in [-0.25, -0.2) is 0 Å². The highest BCUT2D eigenvalue weighted by Crippen LogP contribution is 2.22. The summed E-state index contributed by atoms with van der Waals surface area (Å²) in [5, 5.41) is 3.34. The molecular formula is C19H30IN3O3. The summed E-state index contributed by atoms with van der Waals surface area (Å²) in [6, 6.07) is 6.15. The van der Waals surface area contributed by atoms with E-state index in [0.29, 0.717) is 13.2 Å². The quantitative estimate of drug-likeness (QED) is 0.233. The van der Waals surface area contributed by atoms with Crippen molar-refractivity contribution in [1.82, 2.24) is 10.2 Å². The summed E-state index contributed by atoms with van der Waals surface area (Å²) in [4.78, 5) is 18.1. The zero-order valence-corrected chi connectivity index (χ0v) is 18.4. The van der Waals surface area contributed by atoms with Gasteiger partial charge in [0, 0.05) is 20.1 Å². The van der Waals surface area contributed by atoms with E-state index in [4.69, 9.17) is 9.47 Å². The van der Waals surface area contributed by atoms with Gasteiger partial charge in [0.25, 0.3) is 0 Å². The van der Waals surface area contributed by atoms with Crippen molar-refractivity contribution >= 4 is 35.9 Å². The molecule has 0 bridgehead atoms. The number of halogens is 1. The van der Waals surface area contributed by atoms with Crippen molar-refractivity contribution in [2.24, 2.45) is 10.9 Å². The first kappa shape index (κ1) is 22.5. The van der Waals surface area contributed by atoms with Gasteiger partial charge in [-0.2, -0.15) is 0 Å². The van der Waals surface area contributed by atoms with Gasteiger partial charge in [-0.05, 0) is 37.8 Å². The van der Waals surface area contributed by atoms with Crippen molar-refractivity contribution in [3.8, 4) is 5.75 Å². The van der Waals surface area contributed by atoms with Gasteiger partial charge in [0.1, 0.15) is 12.4 Å². The highest BCUT2D eigenvalue weighted by Gasteiger charge is 2.26. The summed E-state index contributed by atoms with van der Waals surface area (Å²) < 4.78 is 10.7. The maximum absolute atomic E-state index is 11.6. The second-order valence-electron chi connectivity index (χ2n) is 6.33. The summed E-state index contributed by atoms with van der Waals surface area (Å²) in [5.41, 5.74) is 2.29. The number of rotatable bonds is 5. The molecule has 7 heteroatoms. The molecule has 0 radical (unpaired) electrons. The van der Waals surface area contributed by atoms with Crippen molar-refractivity contribution < 1.29 is 14.3 Å². The smallest absolute Gasteiger partial charge is 0.308 e. The predicted octanol–water partition coefficient (Wildman–Crippen LogP) is 2.76. The number of likely N-dealkylation sites (tertiary alicyclic amines) is 1. The van der Waals surface area contributed by atoms with Crippen LogP contribution < -0.4 is 10.1 Å². The van der Waals surface area contributed by atoms with Gasteiger partial charge >= 0.3 is 5.97 Å². The van der Waals surface area contributed by atoms with Crippen LogP contribution in [-0.2, 0) is 9.53 Å². The number of carbonyl (C=O) groups excluding carboxylic acids is 1. The largest absolute Gasteiger partial charge is 0.491 e. The number of hydrogen-bond acceptors (Lipinski definition) is 4. The molecule has 0 amide bonds. The van der Waals surface area contributed by atoms with Crippen LogP contribution in [0.5, 0.6) is 5.75 Å². The second kappa shape index (κ2) is 11.3. The maximum Gasteiger partial charge on any atom is 0.308 e. The molecule has 1 aliphatic rings. The molecule has 0 aliphatic carbocycles. The lowest BCUT2D eigenvalue weighted by atomic mass is 9.97. The fourth-order valence-electron chi connectivity index (χ4n) is 3.17. The number of para-hydroxylation sites is 1. The molecule has 0 unspecified atom stereocenters. The molecule has 1 aliphatic heterocycles. The highest BCUT2D eigenvalue weighted by molar-refractivity contribution is 14.0. The molecule has 146 valence electrons. The number of carbonyl (C=O) groups is 1. The molecule has 0 spiro atoms. The van der Waals surface area contributed by atoms with Crippen molar-refractivity contribution in [3.05, 3.63) is 29.3 Å². The standard InChI is InChI=1S/C19H29N3O3.HI/c1-14-6-5-7-15(2)17(14)25-13-10-21-19(20-3)22-11-8-16(9-12-22)18(23)24-4;/h5-7,16H,8-13H2,1-4H3,(H,20,21);1H. The summed E-state index contributed by atoms with van der Waals surface area (Å²) in [7, 11) is 3.23. The number of esters is 1. The van der Waals surface area contributed by atoms with E-state index in [2.05, 4.69) is 41.2 Å². The van der Waals surface area contributed by atoms with Crippen LogP contribution in [0.15, 0.2) is 23.2 Å². The number of guanidine groups is 1. The van der Waals surface area contributed by atoms with Crippen LogP contribution >= 0.6 is 24.0 Å². The molecule has 1 aromatic carbocycles. The molecule has 1 aromatic rings. The Hall–Kier alpha value is -1.51. The Bertz CT molecular complexity index is 594. The Balaban J connectivity index is 0.00000338. The van der Waals surface area contributed by atoms with Crippen LogP contribution in [0.4, 0.5) is 0 Å². The van der Waals surface area contributed by atoms with Gasteiger partial charge in [-0.3, -0.25) is 9.79 Å². The van der Waals surface area contributed by atoms with Crippen LogP contribution in [0.3, 0.4) is 0 Å². The van der Waals surface area contributed by atoms with Crippen LogP contribution in [0, 0.1) is 19.8 Å². The van der Waals surface area contributed by atoms with E-state index in [0.717, 1.165) is 48.8 Å². The Morgan fingerprint density at radius 2 is 1.88 bits per heavy atom. The summed E-state index contributed by atoms with van der Waals surface area (Å²) >= 11 is 0. The number of nitrogens with one attached hydrogen (secondary N) is 1. The van der Waals surface area contributed by atoms with Gasteiger partial charge in [-0.15, -0.1) is 24.0 Å². The van der Waals surface area contributed by atoms with Crippen molar-refractivity contribution in [2.45, 2.75) is 26.7 Å². The molecule has 0 saturated carbocycles. The Labute approximate surface area is 173 Å². The normalized spacial score (nSPS) is 15.2. The minimum absolute atomic E-state index is 0. The van der Waals surface area contributed by atoms with E-state index < -0.39 is 0 Å². The van der Waals surface area contributed by atoms with Crippen LogP contribution in [-0.4, -0.2) is 57.2 Å². The summed E-state index contributed by atoms with van der Waals surface area (Å²) in [6.07, 6.45) is 1.60. The summed E-state index contributed by atoms with van der Waals surface area (Å²) in [5.74, 6) is 1.71. The number of benzene rings is 1. The number of methoxy groups -OCH3 is 1. The Kier molecular flexibility index (Phi) is 9.75. The van der Waals surface area contributed by atoms with E-state index >= 15 is 0 Å². The average Bonchev–Trinajstić information content (AvgIpc) is 2.63. The number of aryl methyl sites for hydroxylation is 2. The molecule has 26 heavy (non-hydrogen) atoms. The average molecular weight is 475 g/mol. The molecule has 6 nitrogen and oxygen atoms in total. The molecular weight excluding hydrogens is 445 g/mol. The lowest BCUT2D eigenvalue weighted by Gasteiger charge is -2.33. The third kappa shape index (κ3) is 6.03. The molecule has 0 atom stereocenters. The molecule has 1 saturated heterocycles. The van der Waals surface area contributed by atoms with Crippen molar-refractivity contribution in [3.63, 3.8) is 0 Å². The lowest BCUT2D eigenvalue weighted by Crippen LogP contribution is -2.47. The Morgan fingerprint density at radius 1 is 1.27 bits per heavy atom. The Morgan fingerprint density at radius 3 is 2.42 bits per heavy atom. The number of ether oxygens (including phenoxy) is 2. The highest BCUT2D eigenvalue weighted by atomic mass is 127.